The number of ether oxygens (including phenoxy) is 1. The molecule has 2 rings (SSSR count). The van der Waals surface area contributed by atoms with Gasteiger partial charge in [-0.25, -0.2) is 0 Å². The number of rotatable bonds is 18. The highest BCUT2D eigenvalue weighted by atomic mass is 16.5. The van der Waals surface area contributed by atoms with Crippen LogP contribution in [0, 0.1) is 6.92 Å². The van der Waals surface area contributed by atoms with E-state index in [1.165, 1.54) is 6.92 Å². The van der Waals surface area contributed by atoms with Crippen LogP contribution in [-0.2, 0) is 32.1 Å². The highest BCUT2D eigenvalue weighted by Gasteiger charge is 2.26. The zero-order valence-corrected chi connectivity index (χ0v) is 23.6. The van der Waals surface area contributed by atoms with Crippen molar-refractivity contribution in [2.24, 2.45) is 0 Å². The van der Waals surface area contributed by atoms with E-state index in [2.05, 4.69) is 21.3 Å². The molecule has 40 heavy (non-hydrogen) atoms. The molecule has 0 aliphatic heterocycles. The Hall–Kier alpha value is -3.92. The van der Waals surface area contributed by atoms with Gasteiger partial charge in [0.05, 0.1) is 6.61 Å². The van der Waals surface area contributed by atoms with Gasteiger partial charge >= 0.3 is 5.97 Å². The highest BCUT2D eigenvalue weighted by Crippen LogP contribution is 2.18. The van der Waals surface area contributed by atoms with Gasteiger partial charge in [-0.05, 0) is 81.4 Å². The summed E-state index contributed by atoms with van der Waals surface area (Å²) in [6.07, 6.45) is 2.00. The van der Waals surface area contributed by atoms with Gasteiger partial charge in [-0.2, -0.15) is 0 Å². The predicted molar refractivity (Wildman–Crippen MR) is 153 cm³/mol. The van der Waals surface area contributed by atoms with Crippen molar-refractivity contribution >= 4 is 23.7 Å². The quantitative estimate of drug-likeness (QED) is 0.178. The van der Waals surface area contributed by atoms with Crippen molar-refractivity contribution in [3.8, 4) is 5.75 Å². The summed E-state index contributed by atoms with van der Waals surface area (Å²) in [6, 6.07) is 13.6. The smallest absolute Gasteiger partial charge is 0.303 e. The van der Waals surface area contributed by atoms with Crippen LogP contribution in [0.2, 0.25) is 0 Å². The fourth-order valence-electron chi connectivity index (χ4n) is 4.14. The zero-order chi connectivity index (χ0) is 29.3. The molecule has 2 aromatic rings. The van der Waals surface area contributed by atoms with Crippen LogP contribution in [0.3, 0.4) is 0 Å². The first-order valence-electron chi connectivity index (χ1n) is 13.7. The number of carboxylic acids is 1. The molecule has 0 saturated carbocycles. The Morgan fingerprint density at radius 2 is 1.65 bits per heavy atom. The molecule has 2 aromatic carbocycles. The second-order valence-electron chi connectivity index (χ2n) is 9.74. The first-order valence-corrected chi connectivity index (χ1v) is 13.7. The maximum atomic E-state index is 13.3. The van der Waals surface area contributed by atoms with E-state index in [-0.39, 0.29) is 31.7 Å². The molecule has 0 spiro atoms. The Kier molecular flexibility index (Phi) is 14.2. The van der Waals surface area contributed by atoms with Crippen LogP contribution >= 0.6 is 0 Å². The third kappa shape index (κ3) is 12.3. The summed E-state index contributed by atoms with van der Waals surface area (Å²) < 4.78 is 5.82. The number of aryl methyl sites for hydroxylation is 2. The van der Waals surface area contributed by atoms with Crippen molar-refractivity contribution in [1.82, 2.24) is 21.3 Å². The SMILES string of the molecule is CNCCCOc1ccc(C)c(CNC(=O)[C@H](CCc2ccccc2)NC(=O)[C@H](CCCC(=O)O)NC(C)=O)c1. The van der Waals surface area contributed by atoms with Crippen molar-refractivity contribution < 1.29 is 29.0 Å². The van der Waals surface area contributed by atoms with Gasteiger partial charge in [0.25, 0.3) is 0 Å². The lowest BCUT2D eigenvalue weighted by Crippen LogP contribution is -2.53. The van der Waals surface area contributed by atoms with Gasteiger partial charge < -0.3 is 31.1 Å². The number of amides is 3. The van der Waals surface area contributed by atoms with Crippen LogP contribution < -0.4 is 26.0 Å². The van der Waals surface area contributed by atoms with E-state index < -0.39 is 29.9 Å². The second-order valence-corrected chi connectivity index (χ2v) is 9.74. The summed E-state index contributed by atoms with van der Waals surface area (Å²) >= 11 is 0. The molecule has 3 amide bonds. The first kappa shape index (κ1) is 32.3. The summed E-state index contributed by atoms with van der Waals surface area (Å²) in [5.74, 6) is -1.55. The van der Waals surface area contributed by atoms with Crippen LogP contribution in [0.25, 0.3) is 0 Å². The Balaban J connectivity index is 2.11. The van der Waals surface area contributed by atoms with Crippen molar-refractivity contribution in [3.63, 3.8) is 0 Å². The summed E-state index contributed by atoms with van der Waals surface area (Å²) in [5.41, 5.74) is 2.92. The summed E-state index contributed by atoms with van der Waals surface area (Å²) in [6.45, 7) is 4.93. The lowest BCUT2D eigenvalue weighted by atomic mass is 10.0. The van der Waals surface area contributed by atoms with Crippen LogP contribution in [-0.4, -0.2) is 61.1 Å². The number of hydrogen-bond acceptors (Lipinski definition) is 6. The van der Waals surface area contributed by atoms with Crippen molar-refractivity contribution in [3.05, 3.63) is 65.2 Å². The van der Waals surface area contributed by atoms with Crippen LogP contribution in [0.1, 0.15) is 55.7 Å². The number of benzene rings is 2. The van der Waals surface area contributed by atoms with E-state index in [1.807, 2.05) is 62.5 Å². The molecule has 10 nitrogen and oxygen atoms in total. The molecule has 218 valence electrons. The summed E-state index contributed by atoms with van der Waals surface area (Å²) in [4.78, 5) is 49.1. The van der Waals surface area contributed by atoms with E-state index in [9.17, 15) is 19.2 Å². The third-order valence-electron chi connectivity index (χ3n) is 6.39. The minimum absolute atomic E-state index is 0.126. The van der Waals surface area contributed by atoms with Gasteiger partial charge in [0.2, 0.25) is 17.7 Å². The fraction of sp³-hybridized carbons (Fsp3) is 0.467. The predicted octanol–water partition coefficient (Wildman–Crippen LogP) is 2.48. The molecule has 0 aliphatic rings. The molecular formula is C30H42N4O6. The Bertz CT molecular complexity index is 1110. The molecule has 0 heterocycles. The standard InChI is InChI=1S/C30H42N4O6/c1-21-13-15-25(40-18-8-17-31-3)19-24(21)20-32-29(38)27(16-14-23-9-5-4-6-10-23)34-30(39)26(33-22(2)35)11-7-12-28(36)37/h4-6,9-10,13,15,19,26-27,31H,7-8,11-12,14,16-18,20H2,1-3H3,(H,32,38)(H,33,35)(H,34,39)(H,36,37)/t26-,27-/m0/s1. The molecule has 5 N–H and O–H groups in total. The van der Waals surface area contributed by atoms with Gasteiger partial charge in [-0.1, -0.05) is 36.4 Å². The average molecular weight is 555 g/mol. The van der Waals surface area contributed by atoms with E-state index in [4.69, 9.17) is 9.84 Å². The monoisotopic (exact) mass is 554 g/mol. The molecule has 0 saturated heterocycles. The van der Waals surface area contributed by atoms with E-state index in [0.717, 1.165) is 35.4 Å². The largest absolute Gasteiger partial charge is 0.494 e. The Labute approximate surface area is 236 Å². The minimum Gasteiger partial charge on any atom is -0.494 e. The second kappa shape index (κ2) is 17.6. The number of nitrogens with one attached hydrogen (secondary N) is 4. The molecule has 0 aromatic heterocycles. The van der Waals surface area contributed by atoms with Crippen molar-refractivity contribution in [2.75, 3.05) is 20.2 Å². The van der Waals surface area contributed by atoms with Gasteiger partial charge in [-0.15, -0.1) is 0 Å². The molecule has 0 fully saturated rings. The van der Waals surface area contributed by atoms with Gasteiger partial charge in [-0.3, -0.25) is 19.2 Å². The molecule has 0 unspecified atom stereocenters. The molecule has 0 aliphatic carbocycles. The Morgan fingerprint density at radius 1 is 0.925 bits per heavy atom. The van der Waals surface area contributed by atoms with E-state index in [1.54, 1.807) is 0 Å². The maximum Gasteiger partial charge on any atom is 0.303 e. The van der Waals surface area contributed by atoms with Gasteiger partial charge in [0, 0.05) is 19.9 Å². The van der Waals surface area contributed by atoms with Gasteiger partial charge in [0.15, 0.2) is 0 Å². The van der Waals surface area contributed by atoms with E-state index in [0.29, 0.717) is 19.4 Å². The number of aliphatic carboxylic acids is 1. The number of carboxylic acid groups (broad SMARTS) is 1. The Morgan fingerprint density at radius 3 is 2.33 bits per heavy atom. The third-order valence-corrected chi connectivity index (χ3v) is 6.39. The lowest BCUT2D eigenvalue weighted by Gasteiger charge is -2.23. The zero-order valence-electron chi connectivity index (χ0n) is 23.6. The molecule has 0 radical (unpaired) electrons. The summed E-state index contributed by atoms with van der Waals surface area (Å²) in [5, 5.41) is 20.3. The molecule has 10 heteroatoms. The molecule has 0 bridgehead atoms. The van der Waals surface area contributed by atoms with Crippen LogP contribution in [0.15, 0.2) is 48.5 Å². The topological polar surface area (TPSA) is 146 Å². The first-order chi connectivity index (χ1) is 19.2. The fourth-order valence-corrected chi connectivity index (χ4v) is 4.14. The maximum absolute atomic E-state index is 13.3. The number of carbonyl (C=O) groups is 4. The van der Waals surface area contributed by atoms with Gasteiger partial charge in [0.1, 0.15) is 17.8 Å². The van der Waals surface area contributed by atoms with Crippen LogP contribution in [0.4, 0.5) is 0 Å². The minimum atomic E-state index is -0.982. The van der Waals surface area contributed by atoms with E-state index >= 15 is 0 Å². The van der Waals surface area contributed by atoms with Crippen LogP contribution in [0.5, 0.6) is 5.75 Å². The normalized spacial score (nSPS) is 12.2. The number of hydrogen-bond donors (Lipinski definition) is 5. The van der Waals surface area contributed by atoms with Crippen molar-refractivity contribution in [1.29, 1.82) is 0 Å². The molecular weight excluding hydrogens is 512 g/mol. The lowest BCUT2D eigenvalue weighted by molar-refractivity contribution is -0.137. The highest BCUT2D eigenvalue weighted by molar-refractivity contribution is 5.91. The average Bonchev–Trinajstić information content (AvgIpc) is 2.92. The van der Waals surface area contributed by atoms with Crippen molar-refractivity contribution in [2.45, 2.75) is 71.0 Å². The summed E-state index contributed by atoms with van der Waals surface area (Å²) in [7, 11) is 1.89. The molecule has 2 atom stereocenters. The number of carbonyl (C=O) groups excluding carboxylic acids is 3.